The van der Waals surface area contributed by atoms with Crippen molar-refractivity contribution in [3.8, 4) is 0 Å². The molecule has 21 heavy (non-hydrogen) atoms. The van der Waals surface area contributed by atoms with Crippen LogP contribution in [0.3, 0.4) is 0 Å². The highest BCUT2D eigenvalue weighted by Crippen LogP contribution is 2.23. The number of sulfonamides is 1. The van der Waals surface area contributed by atoms with Crippen molar-refractivity contribution in [2.75, 3.05) is 20.6 Å². The Hall–Kier alpha value is -1.38. The van der Waals surface area contributed by atoms with E-state index >= 15 is 0 Å². The van der Waals surface area contributed by atoms with Crippen molar-refractivity contribution in [3.05, 3.63) is 17.0 Å². The van der Waals surface area contributed by atoms with Crippen LogP contribution in [0.2, 0.25) is 0 Å². The Kier molecular flexibility index (Phi) is 4.87. The summed E-state index contributed by atoms with van der Waals surface area (Å²) < 4.78 is 27.4. The van der Waals surface area contributed by atoms with E-state index in [-0.39, 0.29) is 28.2 Å². The van der Waals surface area contributed by atoms with Crippen LogP contribution in [0.25, 0.3) is 0 Å². The first-order chi connectivity index (χ1) is 9.40. The van der Waals surface area contributed by atoms with Gasteiger partial charge in [-0.1, -0.05) is 0 Å². The van der Waals surface area contributed by atoms with E-state index in [1.807, 2.05) is 32.8 Å². The first-order valence-corrected chi connectivity index (χ1v) is 7.98. The van der Waals surface area contributed by atoms with Gasteiger partial charge in [0.15, 0.2) is 0 Å². The number of carbonyl (C=O) groups is 1. The van der Waals surface area contributed by atoms with E-state index in [1.54, 1.807) is 6.92 Å². The smallest absolute Gasteiger partial charge is 0.352 e. The maximum Gasteiger partial charge on any atom is 0.352 e. The first kappa shape index (κ1) is 17.7. The Morgan fingerprint density at radius 2 is 1.86 bits per heavy atom. The van der Waals surface area contributed by atoms with Gasteiger partial charge in [-0.2, -0.15) is 0 Å². The van der Waals surface area contributed by atoms with Gasteiger partial charge in [-0.05, 0) is 41.8 Å². The average molecular weight is 317 g/mol. The summed E-state index contributed by atoms with van der Waals surface area (Å²) in [6.45, 7) is 7.07. The van der Waals surface area contributed by atoms with Gasteiger partial charge in [0.1, 0.15) is 10.6 Å². The summed E-state index contributed by atoms with van der Waals surface area (Å²) >= 11 is 0. The zero-order chi connectivity index (χ0) is 16.6. The molecular formula is C13H23N3O4S. The molecule has 0 fully saturated rings. The Morgan fingerprint density at radius 1 is 1.33 bits per heavy atom. The quantitative estimate of drug-likeness (QED) is 0.725. The van der Waals surface area contributed by atoms with E-state index in [9.17, 15) is 13.2 Å². The molecule has 0 bridgehead atoms. The number of aromatic amines is 1. The summed E-state index contributed by atoms with van der Waals surface area (Å²) in [5, 5.41) is 9.05. The molecule has 1 aromatic rings. The molecule has 0 saturated heterocycles. The number of hydrogen-bond donors (Lipinski definition) is 3. The van der Waals surface area contributed by atoms with Crippen LogP contribution in [0.4, 0.5) is 0 Å². The lowest BCUT2D eigenvalue weighted by Crippen LogP contribution is -2.48. The third kappa shape index (κ3) is 3.63. The van der Waals surface area contributed by atoms with Crippen LogP contribution >= 0.6 is 0 Å². The van der Waals surface area contributed by atoms with Crippen molar-refractivity contribution in [3.63, 3.8) is 0 Å². The molecule has 0 aromatic carbocycles. The van der Waals surface area contributed by atoms with E-state index in [0.29, 0.717) is 5.69 Å². The Morgan fingerprint density at radius 3 is 2.24 bits per heavy atom. The van der Waals surface area contributed by atoms with Crippen molar-refractivity contribution in [1.29, 1.82) is 0 Å². The van der Waals surface area contributed by atoms with Gasteiger partial charge in [0, 0.05) is 23.3 Å². The number of aryl methyl sites for hydroxylation is 1. The van der Waals surface area contributed by atoms with Gasteiger partial charge in [0.2, 0.25) is 10.0 Å². The average Bonchev–Trinajstić information content (AvgIpc) is 2.63. The summed E-state index contributed by atoms with van der Waals surface area (Å²) in [5.74, 6) is -1.18. The molecule has 7 nitrogen and oxygen atoms in total. The third-order valence-corrected chi connectivity index (χ3v) is 5.43. The normalized spacial score (nSPS) is 12.9. The molecule has 0 unspecified atom stereocenters. The Balaban J connectivity index is 3.13. The summed E-state index contributed by atoms with van der Waals surface area (Å²) in [6.07, 6.45) is 0. The standard InChI is InChI=1S/C13H23N3O4S/c1-8-10(12(17)18)15-9(2)11(8)21(19,20)14-7-13(3,4)16(5)6/h14-15H,7H2,1-6H3,(H,17,18). The van der Waals surface area contributed by atoms with Crippen molar-refractivity contribution in [1.82, 2.24) is 14.6 Å². The molecule has 0 aliphatic rings. The monoisotopic (exact) mass is 317 g/mol. The molecule has 8 heteroatoms. The zero-order valence-electron chi connectivity index (χ0n) is 13.2. The predicted octanol–water partition coefficient (Wildman–Crippen LogP) is 0.948. The van der Waals surface area contributed by atoms with E-state index in [2.05, 4.69) is 9.71 Å². The minimum absolute atomic E-state index is 0.00876. The van der Waals surface area contributed by atoms with Gasteiger partial charge in [-0.3, -0.25) is 0 Å². The summed E-state index contributed by atoms with van der Waals surface area (Å²) in [4.78, 5) is 15.6. The van der Waals surface area contributed by atoms with Crippen LogP contribution in [0.5, 0.6) is 0 Å². The van der Waals surface area contributed by atoms with Crippen molar-refractivity contribution < 1.29 is 18.3 Å². The highest BCUT2D eigenvalue weighted by atomic mass is 32.2. The number of nitrogens with zero attached hydrogens (tertiary/aromatic N) is 1. The number of carboxylic acids is 1. The number of carboxylic acid groups (broad SMARTS) is 1. The minimum Gasteiger partial charge on any atom is -0.477 e. The van der Waals surface area contributed by atoms with Gasteiger partial charge < -0.3 is 15.0 Å². The number of nitrogens with one attached hydrogen (secondary N) is 2. The van der Waals surface area contributed by atoms with Gasteiger partial charge in [0.25, 0.3) is 0 Å². The predicted molar refractivity (Wildman–Crippen MR) is 80.2 cm³/mol. The van der Waals surface area contributed by atoms with Crippen LogP contribution in [0.1, 0.15) is 35.6 Å². The van der Waals surface area contributed by atoms with Crippen LogP contribution in [-0.4, -0.2) is 55.6 Å². The van der Waals surface area contributed by atoms with Crippen LogP contribution in [0, 0.1) is 13.8 Å². The van der Waals surface area contributed by atoms with E-state index in [0.717, 1.165) is 0 Å². The van der Waals surface area contributed by atoms with Crippen molar-refractivity contribution in [2.24, 2.45) is 0 Å². The fourth-order valence-corrected chi connectivity index (χ4v) is 3.50. The number of likely N-dealkylation sites (N-methyl/N-ethyl adjacent to an activating group) is 1. The van der Waals surface area contributed by atoms with E-state index < -0.39 is 16.0 Å². The maximum absolute atomic E-state index is 12.4. The SMILES string of the molecule is Cc1[nH]c(C(=O)O)c(C)c1S(=O)(=O)NCC(C)(C)N(C)C. The topological polar surface area (TPSA) is 102 Å². The summed E-state index contributed by atoms with van der Waals surface area (Å²) in [6, 6.07) is 0. The first-order valence-electron chi connectivity index (χ1n) is 6.49. The second-order valence-electron chi connectivity index (χ2n) is 5.92. The van der Waals surface area contributed by atoms with Crippen molar-refractivity contribution >= 4 is 16.0 Å². The molecule has 0 aliphatic heterocycles. The van der Waals surface area contributed by atoms with E-state index in [4.69, 9.17) is 5.11 Å². The largest absolute Gasteiger partial charge is 0.477 e. The maximum atomic E-state index is 12.4. The molecule has 120 valence electrons. The van der Waals surface area contributed by atoms with Gasteiger partial charge in [-0.25, -0.2) is 17.9 Å². The Bertz CT molecular complexity index is 645. The number of hydrogen-bond acceptors (Lipinski definition) is 4. The van der Waals surface area contributed by atoms with Crippen LogP contribution < -0.4 is 4.72 Å². The number of rotatable bonds is 6. The van der Waals surface area contributed by atoms with Gasteiger partial charge in [-0.15, -0.1) is 0 Å². The number of aromatic nitrogens is 1. The number of H-pyrrole nitrogens is 1. The fraction of sp³-hybridized carbons (Fsp3) is 0.615. The molecule has 0 amide bonds. The third-order valence-electron chi connectivity index (χ3n) is 3.76. The molecule has 1 aromatic heterocycles. The lowest BCUT2D eigenvalue weighted by molar-refractivity contribution is 0.0690. The molecule has 1 heterocycles. The molecule has 1 rings (SSSR count). The van der Waals surface area contributed by atoms with E-state index in [1.165, 1.54) is 6.92 Å². The molecule has 0 spiro atoms. The molecular weight excluding hydrogens is 294 g/mol. The molecule has 0 atom stereocenters. The molecule has 0 radical (unpaired) electrons. The summed E-state index contributed by atoms with van der Waals surface area (Å²) in [5.41, 5.74) is 0.0795. The molecule has 3 N–H and O–H groups in total. The summed E-state index contributed by atoms with van der Waals surface area (Å²) in [7, 11) is -0.0429. The lowest BCUT2D eigenvalue weighted by atomic mass is 10.1. The molecule has 0 saturated carbocycles. The zero-order valence-corrected chi connectivity index (χ0v) is 14.1. The highest BCUT2D eigenvalue weighted by Gasteiger charge is 2.29. The fourth-order valence-electron chi connectivity index (χ4n) is 1.85. The number of aromatic carboxylic acids is 1. The van der Waals surface area contributed by atoms with Crippen LogP contribution in [-0.2, 0) is 10.0 Å². The van der Waals surface area contributed by atoms with Gasteiger partial charge >= 0.3 is 5.97 Å². The van der Waals surface area contributed by atoms with Crippen LogP contribution in [0.15, 0.2) is 4.90 Å². The molecule has 0 aliphatic carbocycles. The lowest BCUT2D eigenvalue weighted by Gasteiger charge is -2.32. The second-order valence-corrected chi connectivity index (χ2v) is 7.62. The minimum atomic E-state index is -3.77. The highest BCUT2D eigenvalue weighted by molar-refractivity contribution is 7.89. The van der Waals surface area contributed by atoms with Gasteiger partial charge in [0.05, 0.1) is 0 Å². The van der Waals surface area contributed by atoms with Crippen molar-refractivity contribution in [2.45, 2.75) is 38.1 Å². The second kappa shape index (κ2) is 5.78. The Labute approximate surface area is 125 Å².